The van der Waals surface area contributed by atoms with Crippen molar-refractivity contribution in [3.8, 4) is 10.6 Å². The maximum Gasteiger partial charge on any atom is 0.260 e. The molecule has 4 rings (SSSR count). The van der Waals surface area contributed by atoms with E-state index in [1.807, 2.05) is 26.3 Å². The van der Waals surface area contributed by atoms with Crippen LogP contribution in [0.25, 0.3) is 10.6 Å². The summed E-state index contributed by atoms with van der Waals surface area (Å²) in [6, 6.07) is 0. The number of rotatable bonds is 4. The highest BCUT2D eigenvalue weighted by atomic mass is 32.1. The van der Waals surface area contributed by atoms with Crippen molar-refractivity contribution >= 4 is 33.7 Å². The van der Waals surface area contributed by atoms with Crippen molar-refractivity contribution in [1.82, 2.24) is 19.7 Å². The van der Waals surface area contributed by atoms with Crippen LogP contribution in [0.15, 0.2) is 11.6 Å². The van der Waals surface area contributed by atoms with Gasteiger partial charge in [0.15, 0.2) is 5.13 Å². The Hall–Kier alpha value is -2.06. The summed E-state index contributed by atoms with van der Waals surface area (Å²) in [5.74, 6) is 0.296. The molecular formula is C16H17N5OS2. The molecule has 0 aromatic carbocycles. The highest BCUT2D eigenvalue weighted by Gasteiger charge is 2.31. The van der Waals surface area contributed by atoms with Crippen molar-refractivity contribution in [2.24, 2.45) is 7.05 Å². The second kappa shape index (κ2) is 5.78. The van der Waals surface area contributed by atoms with Crippen molar-refractivity contribution in [2.45, 2.75) is 32.6 Å². The summed E-state index contributed by atoms with van der Waals surface area (Å²) >= 11 is 3.05. The van der Waals surface area contributed by atoms with Crippen molar-refractivity contribution in [1.29, 1.82) is 0 Å². The van der Waals surface area contributed by atoms with Crippen LogP contribution >= 0.6 is 22.7 Å². The van der Waals surface area contributed by atoms with Gasteiger partial charge in [0.2, 0.25) is 0 Å². The van der Waals surface area contributed by atoms with E-state index >= 15 is 0 Å². The van der Waals surface area contributed by atoms with Crippen molar-refractivity contribution in [3.63, 3.8) is 0 Å². The standard InChI is InChI=1S/C16H17N5OS2/c1-8-14(24-9(2)17-8)12-7-23-16(18-12)19-15(22)11-6-21(3)20-13(11)10-4-5-10/h6-7,10H,4-5H2,1-3H3,(H,18,19,22). The second-order valence-corrected chi connectivity index (χ2v) is 8.08. The summed E-state index contributed by atoms with van der Waals surface area (Å²) in [5, 5.41) is 10.9. The summed E-state index contributed by atoms with van der Waals surface area (Å²) in [4.78, 5) is 22.6. The molecule has 124 valence electrons. The third-order valence-electron chi connectivity index (χ3n) is 3.93. The summed E-state index contributed by atoms with van der Waals surface area (Å²) < 4.78 is 1.71. The van der Waals surface area contributed by atoms with Crippen LogP contribution in [0.1, 0.15) is 45.5 Å². The highest BCUT2D eigenvalue weighted by molar-refractivity contribution is 7.16. The molecule has 1 aliphatic carbocycles. The molecule has 1 N–H and O–H groups in total. The van der Waals surface area contributed by atoms with Gasteiger partial charge in [0.1, 0.15) is 0 Å². The van der Waals surface area contributed by atoms with Gasteiger partial charge < -0.3 is 0 Å². The number of hydrogen-bond acceptors (Lipinski definition) is 6. The molecule has 0 unspecified atom stereocenters. The largest absolute Gasteiger partial charge is 0.298 e. The number of carbonyl (C=O) groups excluding carboxylic acids is 1. The van der Waals surface area contributed by atoms with Gasteiger partial charge >= 0.3 is 0 Å². The molecule has 0 bridgehead atoms. The zero-order valence-electron chi connectivity index (χ0n) is 13.7. The number of anilines is 1. The summed E-state index contributed by atoms with van der Waals surface area (Å²) in [5.41, 5.74) is 3.40. The number of aromatic nitrogens is 4. The molecule has 0 atom stereocenters. The Morgan fingerprint density at radius 1 is 1.33 bits per heavy atom. The third-order valence-corrected chi connectivity index (χ3v) is 5.78. The van der Waals surface area contributed by atoms with Crippen molar-refractivity contribution < 1.29 is 4.79 Å². The van der Waals surface area contributed by atoms with Crippen LogP contribution in [0.2, 0.25) is 0 Å². The van der Waals surface area contributed by atoms with E-state index in [0.29, 0.717) is 16.6 Å². The van der Waals surface area contributed by atoms with Gasteiger partial charge in [-0.05, 0) is 26.7 Å². The van der Waals surface area contributed by atoms with Crippen LogP contribution in [-0.4, -0.2) is 25.7 Å². The summed E-state index contributed by atoms with van der Waals surface area (Å²) in [6.07, 6.45) is 4.01. The average Bonchev–Trinajstić information content (AvgIpc) is 2.99. The van der Waals surface area contributed by atoms with Crippen LogP contribution in [0.3, 0.4) is 0 Å². The number of aryl methyl sites for hydroxylation is 3. The molecule has 1 amide bonds. The minimum atomic E-state index is -0.136. The Balaban J connectivity index is 1.56. The van der Waals surface area contributed by atoms with Gasteiger partial charge in [-0.3, -0.25) is 14.8 Å². The normalized spacial score (nSPS) is 14.1. The molecule has 24 heavy (non-hydrogen) atoms. The van der Waals surface area contributed by atoms with Crippen LogP contribution in [0.4, 0.5) is 5.13 Å². The van der Waals surface area contributed by atoms with E-state index in [2.05, 4.69) is 20.4 Å². The first-order valence-electron chi connectivity index (χ1n) is 7.76. The zero-order valence-corrected chi connectivity index (χ0v) is 15.3. The van der Waals surface area contributed by atoms with E-state index in [1.165, 1.54) is 11.3 Å². The molecule has 0 spiro atoms. The van der Waals surface area contributed by atoms with Gasteiger partial charge in [-0.2, -0.15) is 5.10 Å². The number of nitrogens with one attached hydrogen (secondary N) is 1. The molecule has 0 radical (unpaired) electrons. The third kappa shape index (κ3) is 2.87. The lowest BCUT2D eigenvalue weighted by Gasteiger charge is -2.01. The van der Waals surface area contributed by atoms with E-state index < -0.39 is 0 Å². The molecule has 3 aromatic heterocycles. The molecule has 0 aliphatic heterocycles. The lowest BCUT2D eigenvalue weighted by molar-refractivity contribution is 0.102. The van der Waals surface area contributed by atoms with Gasteiger partial charge in [0.05, 0.1) is 32.5 Å². The Bertz CT molecular complexity index is 919. The first-order valence-corrected chi connectivity index (χ1v) is 9.45. The fraction of sp³-hybridized carbons (Fsp3) is 0.375. The molecule has 0 saturated heterocycles. The highest BCUT2D eigenvalue weighted by Crippen LogP contribution is 2.41. The van der Waals surface area contributed by atoms with Gasteiger partial charge in [-0.15, -0.1) is 22.7 Å². The van der Waals surface area contributed by atoms with Gasteiger partial charge in [0, 0.05) is 24.5 Å². The molecule has 1 saturated carbocycles. The monoisotopic (exact) mass is 359 g/mol. The SMILES string of the molecule is Cc1nc(C)c(-c2csc(NC(=O)c3cn(C)nc3C3CC3)n2)s1. The Labute approximate surface area is 147 Å². The fourth-order valence-corrected chi connectivity index (χ4v) is 4.36. The Morgan fingerprint density at radius 2 is 2.12 bits per heavy atom. The fourth-order valence-electron chi connectivity index (χ4n) is 2.71. The van der Waals surface area contributed by atoms with Gasteiger partial charge in [0.25, 0.3) is 5.91 Å². The first kappa shape index (κ1) is 15.5. The summed E-state index contributed by atoms with van der Waals surface area (Å²) in [7, 11) is 1.85. The van der Waals surface area contributed by atoms with Crippen LogP contribution < -0.4 is 5.32 Å². The minimum absolute atomic E-state index is 0.136. The topological polar surface area (TPSA) is 72.7 Å². The van der Waals surface area contributed by atoms with E-state index in [4.69, 9.17) is 0 Å². The Morgan fingerprint density at radius 3 is 2.79 bits per heavy atom. The van der Waals surface area contributed by atoms with Crippen molar-refractivity contribution in [2.75, 3.05) is 5.32 Å². The van der Waals surface area contributed by atoms with E-state index in [0.717, 1.165) is 39.8 Å². The van der Waals surface area contributed by atoms with E-state index in [9.17, 15) is 4.79 Å². The van der Waals surface area contributed by atoms with Crippen LogP contribution in [0.5, 0.6) is 0 Å². The molecule has 6 nitrogen and oxygen atoms in total. The lowest BCUT2D eigenvalue weighted by Crippen LogP contribution is -2.12. The lowest BCUT2D eigenvalue weighted by atomic mass is 10.2. The maximum absolute atomic E-state index is 12.6. The Kier molecular flexibility index (Phi) is 3.73. The smallest absolute Gasteiger partial charge is 0.260 e. The molecule has 1 aliphatic rings. The van der Waals surface area contributed by atoms with Gasteiger partial charge in [-0.1, -0.05) is 0 Å². The molecule has 8 heteroatoms. The predicted molar refractivity (Wildman–Crippen MR) is 95.8 cm³/mol. The number of amides is 1. The zero-order chi connectivity index (χ0) is 16.8. The maximum atomic E-state index is 12.6. The predicted octanol–water partition coefficient (Wildman–Crippen LogP) is 3.75. The summed E-state index contributed by atoms with van der Waals surface area (Å²) in [6.45, 7) is 3.96. The van der Waals surface area contributed by atoms with Crippen LogP contribution in [-0.2, 0) is 7.05 Å². The van der Waals surface area contributed by atoms with Crippen molar-refractivity contribution in [3.05, 3.63) is 33.5 Å². The number of carbonyl (C=O) groups is 1. The first-order chi connectivity index (χ1) is 11.5. The second-order valence-electron chi connectivity index (χ2n) is 6.02. The van der Waals surface area contributed by atoms with E-state index in [1.54, 1.807) is 22.2 Å². The molecule has 1 fully saturated rings. The molecule has 3 aromatic rings. The van der Waals surface area contributed by atoms with Crippen LogP contribution in [0, 0.1) is 13.8 Å². The molecular weight excluding hydrogens is 342 g/mol. The van der Waals surface area contributed by atoms with Gasteiger partial charge in [-0.25, -0.2) is 9.97 Å². The number of hydrogen-bond donors (Lipinski definition) is 1. The number of nitrogens with zero attached hydrogens (tertiary/aromatic N) is 4. The molecule has 3 heterocycles. The quantitative estimate of drug-likeness (QED) is 0.770. The number of thiazole rings is 2. The average molecular weight is 359 g/mol. The van der Waals surface area contributed by atoms with E-state index in [-0.39, 0.29) is 5.91 Å². The minimum Gasteiger partial charge on any atom is -0.298 e.